The Labute approximate surface area is 105 Å². The van der Waals surface area contributed by atoms with Gasteiger partial charge in [0.05, 0.1) is 5.69 Å². The van der Waals surface area contributed by atoms with Crippen LogP contribution >= 0.6 is 0 Å². The summed E-state index contributed by atoms with van der Waals surface area (Å²) in [5.41, 5.74) is 4.51. The van der Waals surface area contributed by atoms with Gasteiger partial charge in [-0.05, 0) is 17.7 Å². The highest BCUT2D eigenvalue weighted by Crippen LogP contribution is 2.11. The number of hydrogen-bond donors (Lipinski definition) is 2. The van der Waals surface area contributed by atoms with Crippen LogP contribution in [0.3, 0.4) is 0 Å². The number of nitrogens with one attached hydrogen (secondary N) is 1. The van der Waals surface area contributed by atoms with Crippen LogP contribution in [0.1, 0.15) is 5.56 Å². The number of hydrazine groups is 1. The quantitative estimate of drug-likeness (QED) is 0.810. The molecule has 0 heterocycles. The van der Waals surface area contributed by atoms with Crippen molar-refractivity contribution in [1.29, 1.82) is 0 Å². The molecule has 2 rings (SSSR count). The molecule has 2 aromatic carbocycles. The second kappa shape index (κ2) is 5.84. The molecule has 0 spiro atoms. The Balaban J connectivity index is 2.06. The highest BCUT2D eigenvalue weighted by Gasteiger charge is 2.12. The molecule has 0 radical (unpaired) electrons. The molecule has 0 aliphatic carbocycles. The Morgan fingerprint density at radius 3 is 2.11 bits per heavy atom. The predicted octanol–water partition coefficient (Wildman–Crippen LogP) is 2.88. The smallest absolute Gasteiger partial charge is 0.426 e. The topological polar surface area (TPSA) is 52.6 Å². The van der Waals surface area contributed by atoms with E-state index in [-0.39, 0.29) is 0 Å². The van der Waals surface area contributed by atoms with Crippen LogP contribution in [0, 0.1) is 0 Å². The van der Waals surface area contributed by atoms with E-state index in [1.54, 1.807) is 24.3 Å². The maximum absolute atomic E-state index is 11.2. The van der Waals surface area contributed by atoms with Gasteiger partial charge in [-0.2, -0.15) is 0 Å². The van der Waals surface area contributed by atoms with Crippen LogP contribution in [-0.2, 0) is 6.54 Å². The SMILES string of the molecule is O=C(O)N(NCc1ccccc1)c1ccccc1. The number of carbonyl (C=O) groups is 1. The zero-order valence-corrected chi connectivity index (χ0v) is 9.78. The van der Waals surface area contributed by atoms with Crippen molar-refractivity contribution in [3.8, 4) is 0 Å². The third kappa shape index (κ3) is 3.09. The Morgan fingerprint density at radius 2 is 1.56 bits per heavy atom. The molecule has 0 fully saturated rings. The van der Waals surface area contributed by atoms with Gasteiger partial charge in [0.1, 0.15) is 0 Å². The summed E-state index contributed by atoms with van der Waals surface area (Å²) in [6.07, 6.45) is -1.03. The molecule has 0 bridgehead atoms. The van der Waals surface area contributed by atoms with E-state index in [0.29, 0.717) is 12.2 Å². The molecule has 2 aromatic rings. The monoisotopic (exact) mass is 242 g/mol. The standard InChI is InChI=1S/C14H14N2O2/c17-14(18)16(13-9-5-2-6-10-13)15-11-12-7-3-1-4-8-12/h1-10,15H,11H2,(H,17,18). The van der Waals surface area contributed by atoms with E-state index in [0.717, 1.165) is 10.6 Å². The Kier molecular flexibility index (Phi) is 3.94. The highest BCUT2D eigenvalue weighted by atomic mass is 16.4. The van der Waals surface area contributed by atoms with E-state index >= 15 is 0 Å². The molecule has 0 unspecified atom stereocenters. The van der Waals surface area contributed by atoms with Gasteiger partial charge in [-0.1, -0.05) is 48.5 Å². The summed E-state index contributed by atoms with van der Waals surface area (Å²) < 4.78 is 0. The first-order chi connectivity index (χ1) is 8.77. The van der Waals surface area contributed by atoms with Crippen LogP contribution in [-0.4, -0.2) is 11.2 Å². The summed E-state index contributed by atoms with van der Waals surface area (Å²) in [5, 5.41) is 10.3. The second-order valence-corrected chi connectivity index (χ2v) is 3.77. The van der Waals surface area contributed by atoms with Crippen molar-refractivity contribution >= 4 is 11.8 Å². The fourth-order valence-electron chi connectivity index (χ4n) is 1.61. The summed E-state index contributed by atoms with van der Waals surface area (Å²) >= 11 is 0. The van der Waals surface area contributed by atoms with E-state index in [1.807, 2.05) is 36.4 Å². The van der Waals surface area contributed by atoms with Gasteiger partial charge in [0.25, 0.3) is 0 Å². The number of benzene rings is 2. The van der Waals surface area contributed by atoms with Crippen molar-refractivity contribution in [1.82, 2.24) is 5.43 Å². The number of carboxylic acid groups (broad SMARTS) is 1. The van der Waals surface area contributed by atoms with Gasteiger partial charge in [0, 0.05) is 6.54 Å². The lowest BCUT2D eigenvalue weighted by Crippen LogP contribution is -2.41. The molecule has 1 amide bonds. The molecule has 18 heavy (non-hydrogen) atoms. The Bertz CT molecular complexity index is 500. The maximum Gasteiger partial charge on any atom is 0.426 e. The van der Waals surface area contributed by atoms with Crippen molar-refractivity contribution in [3.05, 3.63) is 66.2 Å². The number of para-hydroxylation sites is 1. The number of anilines is 1. The first-order valence-electron chi connectivity index (χ1n) is 5.63. The maximum atomic E-state index is 11.2. The minimum atomic E-state index is -1.03. The van der Waals surface area contributed by atoms with Gasteiger partial charge in [-0.15, -0.1) is 0 Å². The molecule has 0 aliphatic rings. The number of rotatable bonds is 4. The summed E-state index contributed by atoms with van der Waals surface area (Å²) in [5.74, 6) is 0. The number of hydrogen-bond acceptors (Lipinski definition) is 2. The van der Waals surface area contributed by atoms with E-state index in [9.17, 15) is 4.79 Å². The summed E-state index contributed by atoms with van der Waals surface area (Å²) in [4.78, 5) is 11.2. The average molecular weight is 242 g/mol. The number of amides is 1. The Morgan fingerprint density at radius 1 is 1.00 bits per heavy atom. The molecule has 2 N–H and O–H groups in total. The molecule has 0 atom stereocenters. The van der Waals surface area contributed by atoms with E-state index in [1.165, 1.54) is 0 Å². The summed E-state index contributed by atoms with van der Waals surface area (Å²) in [6, 6.07) is 18.6. The summed E-state index contributed by atoms with van der Waals surface area (Å²) in [6.45, 7) is 0.460. The molecular weight excluding hydrogens is 228 g/mol. The molecule has 4 heteroatoms. The van der Waals surface area contributed by atoms with Gasteiger partial charge < -0.3 is 5.11 Å². The third-order valence-electron chi connectivity index (χ3n) is 2.49. The lowest BCUT2D eigenvalue weighted by molar-refractivity contribution is 0.198. The minimum Gasteiger partial charge on any atom is -0.464 e. The average Bonchev–Trinajstić information content (AvgIpc) is 2.41. The number of nitrogens with zero attached hydrogens (tertiary/aromatic N) is 1. The van der Waals surface area contributed by atoms with E-state index < -0.39 is 6.09 Å². The fourth-order valence-corrected chi connectivity index (χ4v) is 1.61. The fraction of sp³-hybridized carbons (Fsp3) is 0.0714. The highest BCUT2D eigenvalue weighted by molar-refractivity contribution is 5.84. The molecule has 92 valence electrons. The van der Waals surface area contributed by atoms with Gasteiger partial charge >= 0.3 is 6.09 Å². The van der Waals surface area contributed by atoms with Gasteiger partial charge in [-0.25, -0.2) is 15.2 Å². The van der Waals surface area contributed by atoms with Crippen molar-refractivity contribution in [2.24, 2.45) is 0 Å². The van der Waals surface area contributed by atoms with Crippen molar-refractivity contribution < 1.29 is 9.90 Å². The Hall–Kier alpha value is -2.33. The molecule has 0 aliphatic heterocycles. The summed E-state index contributed by atoms with van der Waals surface area (Å²) in [7, 11) is 0. The first-order valence-corrected chi connectivity index (χ1v) is 5.63. The first kappa shape index (κ1) is 12.1. The van der Waals surface area contributed by atoms with Crippen LogP contribution in [0.15, 0.2) is 60.7 Å². The van der Waals surface area contributed by atoms with Crippen LogP contribution in [0.2, 0.25) is 0 Å². The van der Waals surface area contributed by atoms with Crippen molar-refractivity contribution in [3.63, 3.8) is 0 Å². The lowest BCUT2D eigenvalue weighted by Gasteiger charge is -2.20. The third-order valence-corrected chi connectivity index (χ3v) is 2.49. The zero-order valence-electron chi connectivity index (χ0n) is 9.78. The van der Waals surface area contributed by atoms with Gasteiger partial charge in [0.2, 0.25) is 0 Å². The molecule has 0 aromatic heterocycles. The van der Waals surface area contributed by atoms with Crippen LogP contribution in [0.5, 0.6) is 0 Å². The lowest BCUT2D eigenvalue weighted by atomic mass is 10.2. The minimum absolute atomic E-state index is 0.460. The van der Waals surface area contributed by atoms with Gasteiger partial charge in [0.15, 0.2) is 0 Å². The van der Waals surface area contributed by atoms with Crippen LogP contribution < -0.4 is 10.4 Å². The second-order valence-electron chi connectivity index (χ2n) is 3.77. The zero-order chi connectivity index (χ0) is 12.8. The van der Waals surface area contributed by atoms with Gasteiger partial charge in [-0.3, -0.25) is 0 Å². The molecule has 4 nitrogen and oxygen atoms in total. The predicted molar refractivity (Wildman–Crippen MR) is 70.2 cm³/mol. The largest absolute Gasteiger partial charge is 0.464 e. The van der Waals surface area contributed by atoms with E-state index in [2.05, 4.69) is 5.43 Å². The molecular formula is C14H14N2O2. The van der Waals surface area contributed by atoms with Crippen LogP contribution in [0.25, 0.3) is 0 Å². The van der Waals surface area contributed by atoms with Crippen molar-refractivity contribution in [2.75, 3.05) is 5.01 Å². The normalized spacial score (nSPS) is 10.0. The van der Waals surface area contributed by atoms with Crippen LogP contribution in [0.4, 0.5) is 10.5 Å². The molecule has 0 saturated heterocycles. The molecule has 0 saturated carbocycles. The van der Waals surface area contributed by atoms with E-state index in [4.69, 9.17) is 5.11 Å². The van der Waals surface area contributed by atoms with Crippen molar-refractivity contribution in [2.45, 2.75) is 6.54 Å².